The van der Waals surface area contributed by atoms with Crippen LogP contribution in [0.5, 0.6) is 5.75 Å². The molecule has 13 heavy (non-hydrogen) atoms. The van der Waals surface area contributed by atoms with Crippen LogP contribution in [0.25, 0.3) is 10.2 Å². The monoisotopic (exact) mass is 193 g/mol. The Balaban J connectivity index is 2.63. The first-order chi connectivity index (χ1) is 6.31. The maximum Gasteiger partial charge on any atom is 0.118 e. The highest BCUT2D eigenvalue weighted by Crippen LogP contribution is 2.27. The molecule has 0 unspecified atom stereocenters. The lowest BCUT2D eigenvalue weighted by molar-refractivity contribution is 0.475. The van der Waals surface area contributed by atoms with Gasteiger partial charge in [-0.1, -0.05) is 13.3 Å². The minimum Gasteiger partial charge on any atom is -0.508 e. The van der Waals surface area contributed by atoms with E-state index in [1.54, 1.807) is 17.4 Å². The SMILES string of the molecule is CCCc1cc(O)cc2ncsc12. The van der Waals surface area contributed by atoms with Crippen molar-refractivity contribution in [1.29, 1.82) is 0 Å². The zero-order valence-corrected chi connectivity index (χ0v) is 8.27. The number of nitrogens with zero attached hydrogens (tertiary/aromatic N) is 1. The summed E-state index contributed by atoms with van der Waals surface area (Å²) in [5.74, 6) is 0.321. The Bertz CT molecular complexity index is 422. The molecule has 0 aliphatic carbocycles. The smallest absolute Gasteiger partial charge is 0.118 e. The molecule has 0 aliphatic rings. The number of hydrogen-bond acceptors (Lipinski definition) is 3. The first-order valence-corrected chi connectivity index (χ1v) is 5.24. The van der Waals surface area contributed by atoms with E-state index in [2.05, 4.69) is 11.9 Å². The minimum atomic E-state index is 0.321. The zero-order valence-electron chi connectivity index (χ0n) is 7.45. The molecular weight excluding hydrogens is 182 g/mol. The predicted molar refractivity (Wildman–Crippen MR) is 55.3 cm³/mol. The fourth-order valence-electron chi connectivity index (χ4n) is 1.48. The quantitative estimate of drug-likeness (QED) is 0.795. The molecule has 2 rings (SSSR count). The van der Waals surface area contributed by atoms with Crippen LogP contribution in [0, 0.1) is 0 Å². The molecule has 0 radical (unpaired) electrons. The molecule has 0 spiro atoms. The van der Waals surface area contributed by atoms with E-state index in [4.69, 9.17) is 0 Å². The predicted octanol–water partition coefficient (Wildman–Crippen LogP) is 2.95. The summed E-state index contributed by atoms with van der Waals surface area (Å²) in [5, 5.41) is 9.42. The maximum absolute atomic E-state index is 9.42. The van der Waals surface area contributed by atoms with Crippen LogP contribution >= 0.6 is 11.3 Å². The molecule has 0 saturated carbocycles. The van der Waals surface area contributed by atoms with E-state index in [1.807, 2.05) is 11.6 Å². The fraction of sp³-hybridized carbons (Fsp3) is 0.300. The molecule has 1 aromatic carbocycles. The van der Waals surface area contributed by atoms with Crippen LogP contribution in [0.1, 0.15) is 18.9 Å². The first-order valence-electron chi connectivity index (χ1n) is 4.36. The van der Waals surface area contributed by atoms with Gasteiger partial charge in [0.2, 0.25) is 0 Å². The second-order valence-corrected chi connectivity index (χ2v) is 3.91. The molecule has 0 fully saturated rings. The second-order valence-electron chi connectivity index (χ2n) is 3.06. The molecule has 0 bridgehead atoms. The van der Waals surface area contributed by atoms with Crippen LogP contribution in [-0.2, 0) is 6.42 Å². The van der Waals surface area contributed by atoms with E-state index in [-0.39, 0.29) is 0 Å². The fourth-order valence-corrected chi connectivity index (χ4v) is 2.30. The molecular formula is C10H11NOS. The molecule has 0 saturated heterocycles. The molecule has 1 N–H and O–H groups in total. The van der Waals surface area contributed by atoms with E-state index in [9.17, 15) is 5.11 Å². The summed E-state index contributed by atoms with van der Waals surface area (Å²) in [4.78, 5) is 4.18. The molecule has 3 heteroatoms. The Hall–Kier alpha value is -1.09. The summed E-state index contributed by atoms with van der Waals surface area (Å²) >= 11 is 1.64. The highest BCUT2D eigenvalue weighted by atomic mass is 32.1. The van der Waals surface area contributed by atoms with Crippen molar-refractivity contribution < 1.29 is 5.11 Å². The Labute approximate surface area is 80.9 Å². The normalized spacial score (nSPS) is 10.8. The summed E-state index contributed by atoms with van der Waals surface area (Å²) in [6, 6.07) is 3.55. The van der Waals surface area contributed by atoms with E-state index >= 15 is 0 Å². The van der Waals surface area contributed by atoms with Gasteiger partial charge in [0.05, 0.1) is 15.7 Å². The number of rotatable bonds is 2. The Kier molecular flexibility index (Phi) is 2.19. The Morgan fingerprint density at radius 1 is 1.46 bits per heavy atom. The lowest BCUT2D eigenvalue weighted by Gasteiger charge is -2.00. The van der Waals surface area contributed by atoms with Gasteiger partial charge in [-0.15, -0.1) is 11.3 Å². The van der Waals surface area contributed by atoms with Crippen molar-refractivity contribution in [2.45, 2.75) is 19.8 Å². The number of fused-ring (bicyclic) bond motifs is 1. The third-order valence-corrected chi connectivity index (χ3v) is 2.93. The van der Waals surface area contributed by atoms with Gasteiger partial charge in [-0.05, 0) is 18.1 Å². The van der Waals surface area contributed by atoms with Gasteiger partial charge >= 0.3 is 0 Å². The van der Waals surface area contributed by atoms with Crippen molar-refractivity contribution in [2.24, 2.45) is 0 Å². The topological polar surface area (TPSA) is 33.1 Å². The van der Waals surface area contributed by atoms with Gasteiger partial charge in [-0.3, -0.25) is 0 Å². The number of thiazole rings is 1. The third kappa shape index (κ3) is 1.52. The van der Waals surface area contributed by atoms with Crippen LogP contribution in [-0.4, -0.2) is 10.1 Å². The standard InChI is InChI=1S/C10H11NOS/c1-2-3-7-4-8(12)5-9-10(7)13-6-11-9/h4-6,12H,2-3H2,1H3. The van der Waals surface area contributed by atoms with Crippen molar-refractivity contribution >= 4 is 21.6 Å². The number of aryl methyl sites for hydroxylation is 1. The number of phenols is 1. The van der Waals surface area contributed by atoms with Crippen molar-refractivity contribution in [3.8, 4) is 5.75 Å². The molecule has 68 valence electrons. The molecule has 2 aromatic rings. The summed E-state index contributed by atoms with van der Waals surface area (Å²) in [5.41, 5.74) is 3.94. The van der Waals surface area contributed by atoms with Crippen molar-refractivity contribution in [3.63, 3.8) is 0 Å². The summed E-state index contributed by atoms with van der Waals surface area (Å²) < 4.78 is 1.21. The highest BCUT2D eigenvalue weighted by molar-refractivity contribution is 7.16. The van der Waals surface area contributed by atoms with Crippen LogP contribution in [0.3, 0.4) is 0 Å². The lowest BCUT2D eigenvalue weighted by Crippen LogP contribution is -1.83. The van der Waals surface area contributed by atoms with Gasteiger partial charge < -0.3 is 5.11 Å². The largest absolute Gasteiger partial charge is 0.508 e. The maximum atomic E-state index is 9.42. The van der Waals surface area contributed by atoms with Crippen LogP contribution < -0.4 is 0 Å². The van der Waals surface area contributed by atoms with E-state index in [0.717, 1.165) is 18.4 Å². The molecule has 1 heterocycles. The highest BCUT2D eigenvalue weighted by Gasteiger charge is 2.04. The van der Waals surface area contributed by atoms with Crippen molar-refractivity contribution in [2.75, 3.05) is 0 Å². The summed E-state index contributed by atoms with van der Waals surface area (Å²) in [6.07, 6.45) is 2.10. The second kappa shape index (κ2) is 3.34. The van der Waals surface area contributed by atoms with E-state index in [1.165, 1.54) is 10.3 Å². The average Bonchev–Trinajstić information content (AvgIpc) is 2.52. The number of hydrogen-bond donors (Lipinski definition) is 1. The third-order valence-electron chi connectivity index (χ3n) is 2.01. The molecule has 0 amide bonds. The van der Waals surface area contributed by atoms with Gasteiger partial charge in [0.15, 0.2) is 0 Å². The zero-order chi connectivity index (χ0) is 9.26. The average molecular weight is 193 g/mol. The van der Waals surface area contributed by atoms with E-state index in [0.29, 0.717) is 5.75 Å². The molecule has 0 aliphatic heterocycles. The van der Waals surface area contributed by atoms with Crippen LogP contribution in [0.2, 0.25) is 0 Å². The first kappa shape index (κ1) is 8.51. The minimum absolute atomic E-state index is 0.321. The van der Waals surface area contributed by atoms with E-state index < -0.39 is 0 Å². The summed E-state index contributed by atoms with van der Waals surface area (Å²) in [6.45, 7) is 2.14. The van der Waals surface area contributed by atoms with Crippen LogP contribution in [0.15, 0.2) is 17.6 Å². The Morgan fingerprint density at radius 2 is 2.31 bits per heavy atom. The van der Waals surface area contributed by atoms with Gasteiger partial charge in [0.25, 0.3) is 0 Å². The molecule has 2 nitrogen and oxygen atoms in total. The van der Waals surface area contributed by atoms with Gasteiger partial charge in [0, 0.05) is 6.07 Å². The number of phenolic OH excluding ortho intramolecular Hbond substituents is 1. The van der Waals surface area contributed by atoms with Gasteiger partial charge in [0.1, 0.15) is 5.75 Å². The van der Waals surface area contributed by atoms with Crippen molar-refractivity contribution in [3.05, 3.63) is 23.2 Å². The number of benzene rings is 1. The lowest BCUT2D eigenvalue weighted by atomic mass is 10.1. The summed E-state index contributed by atoms with van der Waals surface area (Å²) in [7, 11) is 0. The molecule has 1 aromatic heterocycles. The van der Waals surface area contributed by atoms with Gasteiger partial charge in [-0.2, -0.15) is 0 Å². The number of aromatic nitrogens is 1. The molecule has 0 atom stereocenters. The Morgan fingerprint density at radius 3 is 3.08 bits per heavy atom. The van der Waals surface area contributed by atoms with Gasteiger partial charge in [-0.25, -0.2) is 4.98 Å². The van der Waals surface area contributed by atoms with Crippen molar-refractivity contribution in [1.82, 2.24) is 4.98 Å². The number of aromatic hydroxyl groups is 1. The van der Waals surface area contributed by atoms with Crippen LogP contribution in [0.4, 0.5) is 0 Å².